The van der Waals surface area contributed by atoms with E-state index in [1.165, 1.54) is 16.8 Å². The summed E-state index contributed by atoms with van der Waals surface area (Å²) in [5.74, 6) is -0.432. The number of pyridine rings is 1. The predicted molar refractivity (Wildman–Crippen MR) is 108 cm³/mol. The van der Waals surface area contributed by atoms with E-state index in [0.29, 0.717) is 12.2 Å². The highest BCUT2D eigenvalue weighted by atomic mass is 16.2. The van der Waals surface area contributed by atoms with Gasteiger partial charge in [-0.05, 0) is 17.7 Å². The summed E-state index contributed by atoms with van der Waals surface area (Å²) in [6.45, 7) is 0.184. The molecule has 0 fully saturated rings. The number of carbonyl (C=O) groups excluding carboxylic acids is 1. The van der Waals surface area contributed by atoms with Crippen LogP contribution in [-0.2, 0) is 24.4 Å². The molecule has 1 amide bonds. The highest BCUT2D eigenvalue weighted by Crippen LogP contribution is 2.04. The van der Waals surface area contributed by atoms with Gasteiger partial charge in [0, 0.05) is 24.7 Å². The molecule has 0 saturated carbocycles. The summed E-state index contributed by atoms with van der Waals surface area (Å²) in [7, 11) is 0. The molecule has 146 valence electrons. The van der Waals surface area contributed by atoms with Crippen molar-refractivity contribution in [3.63, 3.8) is 0 Å². The highest BCUT2D eigenvalue weighted by Gasteiger charge is 2.11. The average molecular weight is 389 g/mol. The number of imidazole rings is 1. The van der Waals surface area contributed by atoms with Gasteiger partial charge in [-0.1, -0.05) is 36.4 Å². The fourth-order valence-corrected chi connectivity index (χ4v) is 3.06. The van der Waals surface area contributed by atoms with E-state index in [9.17, 15) is 14.4 Å². The number of nitrogens with zero attached hydrogens (tertiary/aromatic N) is 4. The molecule has 1 aromatic carbocycles. The lowest BCUT2D eigenvalue weighted by atomic mass is 10.2. The first-order chi connectivity index (χ1) is 14.1. The van der Waals surface area contributed by atoms with Crippen molar-refractivity contribution in [2.75, 3.05) is 0 Å². The Labute approximate surface area is 165 Å². The van der Waals surface area contributed by atoms with Gasteiger partial charge in [-0.2, -0.15) is 0 Å². The molecule has 8 heteroatoms. The van der Waals surface area contributed by atoms with Gasteiger partial charge in [-0.3, -0.25) is 18.7 Å². The Morgan fingerprint density at radius 2 is 1.76 bits per heavy atom. The first-order valence-electron chi connectivity index (χ1n) is 9.14. The summed E-state index contributed by atoms with van der Waals surface area (Å²) in [5.41, 5.74) is 1.36. The topological polar surface area (TPSA) is 90.4 Å². The average Bonchev–Trinajstić information content (AvgIpc) is 3.15. The molecule has 4 aromatic rings. The van der Waals surface area contributed by atoms with Gasteiger partial charge in [-0.15, -0.1) is 0 Å². The molecule has 0 spiro atoms. The van der Waals surface area contributed by atoms with E-state index in [0.717, 1.165) is 15.8 Å². The van der Waals surface area contributed by atoms with Crippen LogP contribution in [0.1, 0.15) is 11.3 Å². The van der Waals surface area contributed by atoms with Crippen molar-refractivity contribution in [1.29, 1.82) is 0 Å². The SMILES string of the molecule is O=C(Cn1c(=O)ccn(Cc2ccccc2)c1=O)NCc1cn2ccccc2n1. The minimum Gasteiger partial charge on any atom is -0.349 e. The number of aromatic nitrogens is 4. The van der Waals surface area contributed by atoms with E-state index < -0.39 is 17.2 Å². The van der Waals surface area contributed by atoms with Gasteiger partial charge in [0.05, 0.1) is 18.8 Å². The van der Waals surface area contributed by atoms with Gasteiger partial charge in [0.15, 0.2) is 0 Å². The summed E-state index contributed by atoms with van der Waals surface area (Å²) in [4.78, 5) is 41.5. The van der Waals surface area contributed by atoms with Crippen LogP contribution in [0.4, 0.5) is 0 Å². The molecular weight excluding hydrogens is 370 g/mol. The molecule has 0 atom stereocenters. The molecule has 3 heterocycles. The van der Waals surface area contributed by atoms with Crippen molar-refractivity contribution in [1.82, 2.24) is 23.8 Å². The fourth-order valence-electron chi connectivity index (χ4n) is 3.06. The molecule has 3 aromatic heterocycles. The van der Waals surface area contributed by atoms with Crippen LogP contribution in [0.2, 0.25) is 0 Å². The maximum atomic E-state index is 12.7. The summed E-state index contributed by atoms with van der Waals surface area (Å²) in [5, 5.41) is 2.71. The van der Waals surface area contributed by atoms with E-state index in [4.69, 9.17) is 0 Å². The molecule has 1 N–H and O–H groups in total. The van der Waals surface area contributed by atoms with Crippen molar-refractivity contribution in [3.8, 4) is 0 Å². The van der Waals surface area contributed by atoms with Crippen LogP contribution >= 0.6 is 0 Å². The molecule has 0 aliphatic rings. The zero-order valence-electron chi connectivity index (χ0n) is 15.6. The lowest BCUT2D eigenvalue weighted by Gasteiger charge is -2.10. The summed E-state index contributed by atoms with van der Waals surface area (Å²) in [6, 6.07) is 16.4. The third-order valence-electron chi connectivity index (χ3n) is 4.52. The molecule has 0 bridgehead atoms. The van der Waals surface area contributed by atoms with E-state index in [1.54, 1.807) is 0 Å². The van der Waals surface area contributed by atoms with Crippen LogP contribution in [0.15, 0.2) is 82.8 Å². The third-order valence-corrected chi connectivity index (χ3v) is 4.52. The number of fused-ring (bicyclic) bond motifs is 1. The highest BCUT2D eigenvalue weighted by molar-refractivity contribution is 5.75. The standard InChI is InChI=1S/C21H19N5O3/c27-19(22-12-17-14-24-10-5-4-8-18(24)23-17)15-26-20(28)9-11-25(21(26)29)13-16-6-2-1-3-7-16/h1-11,14H,12-13,15H2,(H,22,27). The second-order valence-corrected chi connectivity index (χ2v) is 6.61. The molecule has 29 heavy (non-hydrogen) atoms. The number of rotatable bonds is 6. The van der Waals surface area contributed by atoms with E-state index >= 15 is 0 Å². The number of hydrogen-bond acceptors (Lipinski definition) is 4. The molecule has 4 rings (SSSR count). The zero-order valence-corrected chi connectivity index (χ0v) is 15.6. The molecule has 0 aliphatic heterocycles. The van der Waals surface area contributed by atoms with Crippen LogP contribution < -0.4 is 16.6 Å². The Balaban J connectivity index is 1.46. The lowest BCUT2D eigenvalue weighted by molar-refractivity contribution is -0.122. The van der Waals surface area contributed by atoms with E-state index in [-0.39, 0.29) is 13.1 Å². The van der Waals surface area contributed by atoms with Gasteiger partial charge in [0.2, 0.25) is 5.91 Å². The largest absolute Gasteiger partial charge is 0.349 e. The number of carbonyl (C=O) groups is 1. The van der Waals surface area contributed by atoms with Crippen LogP contribution in [0, 0.1) is 0 Å². The van der Waals surface area contributed by atoms with Gasteiger partial charge >= 0.3 is 5.69 Å². The normalized spacial score (nSPS) is 10.9. The number of hydrogen-bond donors (Lipinski definition) is 1. The number of benzene rings is 1. The maximum absolute atomic E-state index is 12.7. The van der Waals surface area contributed by atoms with Gasteiger partial charge in [0.25, 0.3) is 5.56 Å². The second-order valence-electron chi connectivity index (χ2n) is 6.61. The molecule has 8 nitrogen and oxygen atoms in total. The van der Waals surface area contributed by atoms with E-state index in [1.807, 2.05) is 65.3 Å². The molecule has 0 saturated heterocycles. The Morgan fingerprint density at radius 1 is 0.966 bits per heavy atom. The summed E-state index contributed by atoms with van der Waals surface area (Å²) >= 11 is 0. The fraction of sp³-hybridized carbons (Fsp3) is 0.143. The minimum absolute atomic E-state index is 0.209. The first-order valence-corrected chi connectivity index (χ1v) is 9.14. The maximum Gasteiger partial charge on any atom is 0.331 e. The van der Waals surface area contributed by atoms with Gasteiger partial charge < -0.3 is 9.72 Å². The smallest absolute Gasteiger partial charge is 0.331 e. The summed E-state index contributed by atoms with van der Waals surface area (Å²) < 4.78 is 4.19. The molecule has 0 radical (unpaired) electrons. The third kappa shape index (κ3) is 4.16. The zero-order chi connectivity index (χ0) is 20.2. The van der Waals surface area contributed by atoms with Gasteiger partial charge in [0.1, 0.15) is 12.2 Å². The minimum atomic E-state index is -0.524. The van der Waals surface area contributed by atoms with Crippen LogP contribution in [0.3, 0.4) is 0 Å². The lowest BCUT2D eigenvalue weighted by Crippen LogP contribution is -2.43. The van der Waals surface area contributed by atoms with Crippen molar-refractivity contribution >= 4 is 11.6 Å². The Morgan fingerprint density at radius 3 is 2.55 bits per heavy atom. The monoisotopic (exact) mass is 389 g/mol. The first kappa shape index (κ1) is 18.4. The number of amides is 1. The summed E-state index contributed by atoms with van der Waals surface area (Å²) in [6.07, 6.45) is 5.13. The van der Waals surface area contributed by atoms with Crippen LogP contribution in [0.5, 0.6) is 0 Å². The Bertz CT molecular complexity index is 1240. The van der Waals surface area contributed by atoms with Crippen LogP contribution in [0.25, 0.3) is 5.65 Å². The number of nitrogens with one attached hydrogen (secondary N) is 1. The van der Waals surface area contributed by atoms with Crippen molar-refractivity contribution in [2.24, 2.45) is 0 Å². The van der Waals surface area contributed by atoms with Gasteiger partial charge in [-0.25, -0.2) is 9.78 Å². The Hall–Kier alpha value is -3.94. The Kier molecular flexibility index (Phi) is 5.07. The van der Waals surface area contributed by atoms with Crippen molar-refractivity contribution in [3.05, 3.63) is 105 Å². The van der Waals surface area contributed by atoms with E-state index in [2.05, 4.69) is 10.3 Å². The van der Waals surface area contributed by atoms with Crippen LogP contribution in [-0.4, -0.2) is 24.4 Å². The molecular formula is C21H19N5O3. The van der Waals surface area contributed by atoms with Crippen molar-refractivity contribution < 1.29 is 4.79 Å². The predicted octanol–water partition coefficient (Wildman–Crippen LogP) is 1.02. The second kappa shape index (κ2) is 7.97. The molecule has 0 unspecified atom stereocenters. The quantitative estimate of drug-likeness (QED) is 0.533. The molecule has 0 aliphatic carbocycles. The van der Waals surface area contributed by atoms with Crippen molar-refractivity contribution in [2.45, 2.75) is 19.6 Å².